The van der Waals surface area contributed by atoms with Gasteiger partial charge < -0.3 is 14.8 Å². The SMILES string of the molecule is CCC(C)(C)CNCc1cc(OC)cc(OC)c1. The van der Waals surface area contributed by atoms with E-state index in [0.717, 1.165) is 24.6 Å². The molecule has 0 unspecified atom stereocenters. The predicted molar refractivity (Wildman–Crippen MR) is 75.3 cm³/mol. The van der Waals surface area contributed by atoms with E-state index in [9.17, 15) is 0 Å². The standard InChI is InChI=1S/C15H25NO2/c1-6-15(2,3)11-16-10-12-7-13(17-4)9-14(8-12)18-5/h7-9,16H,6,10-11H2,1-5H3. The van der Waals surface area contributed by atoms with Gasteiger partial charge in [0.15, 0.2) is 0 Å². The monoisotopic (exact) mass is 251 g/mol. The van der Waals surface area contributed by atoms with Gasteiger partial charge in [-0.3, -0.25) is 0 Å². The lowest BCUT2D eigenvalue weighted by Gasteiger charge is -2.23. The van der Waals surface area contributed by atoms with E-state index in [4.69, 9.17) is 9.47 Å². The van der Waals surface area contributed by atoms with E-state index in [1.54, 1.807) is 14.2 Å². The van der Waals surface area contributed by atoms with Gasteiger partial charge in [-0.2, -0.15) is 0 Å². The average Bonchev–Trinajstić information content (AvgIpc) is 2.38. The lowest BCUT2D eigenvalue weighted by Crippen LogP contribution is -2.28. The molecule has 102 valence electrons. The third kappa shape index (κ3) is 4.57. The maximum atomic E-state index is 5.26. The van der Waals surface area contributed by atoms with Crippen LogP contribution in [-0.4, -0.2) is 20.8 Å². The maximum absolute atomic E-state index is 5.26. The van der Waals surface area contributed by atoms with E-state index in [-0.39, 0.29) is 0 Å². The van der Waals surface area contributed by atoms with Crippen LogP contribution in [0.25, 0.3) is 0 Å². The van der Waals surface area contributed by atoms with Crippen LogP contribution in [0.3, 0.4) is 0 Å². The fraction of sp³-hybridized carbons (Fsp3) is 0.600. The molecule has 0 fully saturated rings. The van der Waals surface area contributed by atoms with E-state index in [0.29, 0.717) is 5.41 Å². The first kappa shape index (κ1) is 14.8. The van der Waals surface area contributed by atoms with Crippen molar-refractivity contribution in [1.82, 2.24) is 5.32 Å². The predicted octanol–water partition coefficient (Wildman–Crippen LogP) is 3.23. The third-order valence-electron chi connectivity index (χ3n) is 3.30. The van der Waals surface area contributed by atoms with Crippen LogP contribution < -0.4 is 14.8 Å². The molecule has 0 saturated heterocycles. The van der Waals surface area contributed by atoms with Crippen LogP contribution in [0.4, 0.5) is 0 Å². The Morgan fingerprint density at radius 1 is 1.06 bits per heavy atom. The third-order valence-corrected chi connectivity index (χ3v) is 3.30. The Bertz CT molecular complexity index is 353. The molecule has 0 bridgehead atoms. The number of hydrogen-bond acceptors (Lipinski definition) is 3. The molecule has 0 spiro atoms. The van der Waals surface area contributed by atoms with Crippen LogP contribution in [0.15, 0.2) is 18.2 Å². The highest BCUT2D eigenvalue weighted by Crippen LogP contribution is 2.23. The number of nitrogens with one attached hydrogen (secondary N) is 1. The van der Waals surface area contributed by atoms with E-state index in [1.807, 2.05) is 18.2 Å². The first-order chi connectivity index (χ1) is 8.50. The number of methoxy groups -OCH3 is 2. The summed E-state index contributed by atoms with van der Waals surface area (Å²) in [5, 5.41) is 3.48. The Morgan fingerprint density at radius 3 is 2.06 bits per heavy atom. The van der Waals surface area contributed by atoms with Crippen molar-refractivity contribution < 1.29 is 9.47 Å². The van der Waals surface area contributed by atoms with Gasteiger partial charge in [-0.25, -0.2) is 0 Å². The van der Waals surface area contributed by atoms with E-state index in [1.165, 1.54) is 12.0 Å². The smallest absolute Gasteiger partial charge is 0.122 e. The van der Waals surface area contributed by atoms with Crippen LogP contribution in [0.2, 0.25) is 0 Å². The quantitative estimate of drug-likeness (QED) is 0.807. The van der Waals surface area contributed by atoms with Crippen LogP contribution >= 0.6 is 0 Å². The molecule has 1 aromatic rings. The summed E-state index contributed by atoms with van der Waals surface area (Å²) in [5.74, 6) is 1.67. The van der Waals surface area contributed by atoms with Crippen molar-refractivity contribution in [3.63, 3.8) is 0 Å². The summed E-state index contributed by atoms with van der Waals surface area (Å²) >= 11 is 0. The second-order valence-electron chi connectivity index (χ2n) is 5.34. The lowest BCUT2D eigenvalue weighted by atomic mass is 9.90. The molecule has 0 saturated carbocycles. The summed E-state index contributed by atoms with van der Waals surface area (Å²) < 4.78 is 10.5. The minimum Gasteiger partial charge on any atom is -0.497 e. The largest absolute Gasteiger partial charge is 0.497 e. The molecule has 0 aliphatic rings. The van der Waals surface area contributed by atoms with Crippen LogP contribution in [0.5, 0.6) is 11.5 Å². The Kier molecular flexibility index (Phi) is 5.48. The van der Waals surface area contributed by atoms with Crippen molar-refractivity contribution in [2.24, 2.45) is 5.41 Å². The molecule has 0 amide bonds. The summed E-state index contributed by atoms with van der Waals surface area (Å²) in [6.45, 7) is 8.59. The highest BCUT2D eigenvalue weighted by molar-refractivity contribution is 5.38. The van der Waals surface area contributed by atoms with Gasteiger partial charge >= 0.3 is 0 Å². The first-order valence-electron chi connectivity index (χ1n) is 6.43. The first-order valence-corrected chi connectivity index (χ1v) is 6.43. The summed E-state index contributed by atoms with van der Waals surface area (Å²) in [4.78, 5) is 0. The Morgan fingerprint density at radius 2 is 1.61 bits per heavy atom. The van der Waals surface area contributed by atoms with E-state index < -0.39 is 0 Å². The zero-order valence-corrected chi connectivity index (χ0v) is 12.2. The minimum atomic E-state index is 0.336. The normalized spacial score (nSPS) is 11.4. The number of ether oxygens (including phenoxy) is 2. The molecule has 1 aromatic carbocycles. The minimum absolute atomic E-state index is 0.336. The average molecular weight is 251 g/mol. The zero-order chi connectivity index (χ0) is 13.6. The van der Waals surface area contributed by atoms with Crippen LogP contribution in [0.1, 0.15) is 32.8 Å². The molecule has 18 heavy (non-hydrogen) atoms. The lowest BCUT2D eigenvalue weighted by molar-refractivity contribution is 0.327. The highest BCUT2D eigenvalue weighted by atomic mass is 16.5. The topological polar surface area (TPSA) is 30.5 Å². The van der Waals surface area contributed by atoms with Crippen LogP contribution in [-0.2, 0) is 6.54 Å². The molecule has 3 heteroatoms. The molecule has 0 aromatic heterocycles. The molecular weight excluding hydrogens is 226 g/mol. The molecule has 3 nitrogen and oxygen atoms in total. The maximum Gasteiger partial charge on any atom is 0.122 e. The van der Waals surface area contributed by atoms with Gasteiger partial charge in [-0.05, 0) is 29.5 Å². The summed E-state index contributed by atoms with van der Waals surface area (Å²) in [5.41, 5.74) is 1.52. The molecule has 0 radical (unpaired) electrons. The van der Waals surface area contributed by atoms with Gasteiger partial charge in [0.25, 0.3) is 0 Å². The highest BCUT2D eigenvalue weighted by Gasteiger charge is 2.14. The van der Waals surface area contributed by atoms with Gasteiger partial charge in [0.1, 0.15) is 11.5 Å². The number of hydrogen-bond donors (Lipinski definition) is 1. The molecule has 0 atom stereocenters. The Hall–Kier alpha value is -1.22. The van der Waals surface area contributed by atoms with Gasteiger partial charge in [0, 0.05) is 19.2 Å². The van der Waals surface area contributed by atoms with Crippen molar-refractivity contribution in [2.75, 3.05) is 20.8 Å². The number of rotatable bonds is 7. The van der Waals surface area contributed by atoms with Gasteiger partial charge in [-0.15, -0.1) is 0 Å². The summed E-state index contributed by atoms with van der Waals surface area (Å²) in [6, 6.07) is 5.96. The number of benzene rings is 1. The summed E-state index contributed by atoms with van der Waals surface area (Å²) in [6.07, 6.45) is 1.17. The van der Waals surface area contributed by atoms with Crippen molar-refractivity contribution >= 4 is 0 Å². The molecule has 0 heterocycles. The van der Waals surface area contributed by atoms with Crippen molar-refractivity contribution in [3.8, 4) is 11.5 Å². The van der Waals surface area contributed by atoms with E-state index >= 15 is 0 Å². The Balaban J connectivity index is 2.61. The zero-order valence-electron chi connectivity index (χ0n) is 12.2. The van der Waals surface area contributed by atoms with Gasteiger partial charge in [0.2, 0.25) is 0 Å². The van der Waals surface area contributed by atoms with Gasteiger partial charge in [-0.1, -0.05) is 20.8 Å². The van der Waals surface area contributed by atoms with Crippen molar-refractivity contribution in [1.29, 1.82) is 0 Å². The second kappa shape index (κ2) is 6.64. The molecule has 0 aliphatic carbocycles. The van der Waals surface area contributed by atoms with Gasteiger partial charge in [0.05, 0.1) is 14.2 Å². The molecule has 1 N–H and O–H groups in total. The summed E-state index contributed by atoms with van der Waals surface area (Å²) in [7, 11) is 3.35. The van der Waals surface area contributed by atoms with E-state index in [2.05, 4.69) is 26.1 Å². The van der Waals surface area contributed by atoms with Crippen molar-refractivity contribution in [3.05, 3.63) is 23.8 Å². The second-order valence-corrected chi connectivity index (χ2v) is 5.34. The fourth-order valence-electron chi connectivity index (χ4n) is 1.64. The molecule has 0 aliphatic heterocycles. The molecule has 1 rings (SSSR count). The van der Waals surface area contributed by atoms with Crippen LogP contribution in [0, 0.1) is 5.41 Å². The Labute approximate surface area is 110 Å². The van der Waals surface area contributed by atoms with Crippen molar-refractivity contribution in [2.45, 2.75) is 33.7 Å². The molecular formula is C15H25NO2. The fourth-order valence-corrected chi connectivity index (χ4v) is 1.64.